The van der Waals surface area contributed by atoms with Gasteiger partial charge < -0.3 is 27.9 Å². The smallest absolute Gasteiger partial charge is 0.315 e. The molecule has 3 aromatic carbocycles. The van der Waals surface area contributed by atoms with E-state index in [4.69, 9.17) is 12.3 Å². The maximum Gasteiger partial charge on any atom is 0.315 e. The molecule has 13 nitrogen and oxygen atoms in total. The van der Waals surface area contributed by atoms with Gasteiger partial charge in [-0.3, -0.25) is 33.8 Å². The quantitative estimate of drug-likeness (QED) is 0.0534. The maximum atomic E-state index is 13.0. The normalized spacial score (nSPS) is 16.4. The molecule has 332 valence electrons. The third-order valence-electron chi connectivity index (χ3n) is 11.6. The van der Waals surface area contributed by atoms with Gasteiger partial charge in [-0.25, -0.2) is 0 Å². The Bertz CT molecular complexity index is 2100. The van der Waals surface area contributed by atoms with Crippen LogP contribution in [0.4, 0.5) is 0 Å². The molecule has 3 aliphatic heterocycles. The monoisotopic (exact) mass is 913 g/mol. The van der Waals surface area contributed by atoms with Gasteiger partial charge >= 0.3 is 17.1 Å². The third kappa shape index (κ3) is 11.3. The Labute approximate surface area is 370 Å². The number of nitrogens with zero attached hydrogens (tertiary/aromatic N) is 3. The van der Waals surface area contributed by atoms with Gasteiger partial charge in [-0.15, -0.1) is 0 Å². The summed E-state index contributed by atoms with van der Waals surface area (Å²) in [4.78, 5) is 69.0. The molecule has 0 fully saturated rings. The molecule has 2 N–H and O–H groups in total. The van der Waals surface area contributed by atoms with Gasteiger partial charge in [0, 0.05) is 49.5 Å². The van der Waals surface area contributed by atoms with Gasteiger partial charge in [0.25, 0.3) is 29.5 Å². The summed E-state index contributed by atoms with van der Waals surface area (Å²) in [5.41, 5.74) is 4.19. The van der Waals surface area contributed by atoms with Crippen molar-refractivity contribution in [2.24, 2.45) is 0 Å². The fourth-order valence-electron chi connectivity index (χ4n) is 8.94. The molecule has 0 radical (unpaired) electrons. The molecule has 0 bridgehead atoms. The van der Waals surface area contributed by atoms with Crippen LogP contribution in [0.1, 0.15) is 76.6 Å². The van der Waals surface area contributed by atoms with Crippen molar-refractivity contribution in [1.29, 1.82) is 0 Å². The first kappa shape index (κ1) is 47.3. The molecule has 5 amide bonds. The van der Waals surface area contributed by atoms with Gasteiger partial charge in [-0.1, -0.05) is 49.0 Å². The van der Waals surface area contributed by atoms with Crippen LogP contribution in [0.5, 0.6) is 0 Å². The molecule has 0 aliphatic carbocycles. The number of carbonyl (C=O) groups excluding carboxylic acids is 5. The van der Waals surface area contributed by atoms with E-state index >= 15 is 0 Å². The highest BCUT2D eigenvalue weighted by Crippen LogP contribution is 2.33. The molecule has 0 saturated carbocycles. The zero-order chi connectivity index (χ0) is 44.9. The van der Waals surface area contributed by atoms with E-state index in [-0.39, 0.29) is 29.5 Å². The number of fused-ring (bicyclic) bond motifs is 3. The summed E-state index contributed by atoms with van der Waals surface area (Å²) in [6, 6.07) is 23.9. The first-order chi connectivity index (χ1) is 29.3. The van der Waals surface area contributed by atoms with E-state index < -0.39 is 33.8 Å². The Hall–Kier alpha value is -4.18. The zero-order valence-electron chi connectivity index (χ0n) is 37.4. The van der Waals surface area contributed by atoms with Crippen molar-refractivity contribution in [3.8, 4) is 0 Å². The first-order valence-electron chi connectivity index (χ1n) is 21.8. The van der Waals surface area contributed by atoms with Crippen LogP contribution in [-0.4, -0.2) is 124 Å². The molecule has 1 atom stereocenters. The van der Waals surface area contributed by atoms with Crippen LogP contribution in [0.25, 0.3) is 5.70 Å². The van der Waals surface area contributed by atoms with Crippen molar-refractivity contribution in [2.45, 2.75) is 83.2 Å². The molecule has 0 aromatic heterocycles. The van der Waals surface area contributed by atoms with Gasteiger partial charge in [0.05, 0.1) is 22.3 Å². The molecule has 3 aliphatic rings. The molecular formula is C45H63N5O8Si4. The molecule has 17 heteroatoms. The molecule has 6 rings (SSSR count). The van der Waals surface area contributed by atoms with Gasteiger partial charge in [0.15, 0.2) is 16.6 Å². The van der Waals surface area contributed by atoms with Crippen LogP contribution in [0, 0.1) is 0 Å². The van der Waals surface area contributed by atoms with E-state index in [9.17, 15) is 24.0 Å². The Balaban J connectivity index is 1.00. The second-order valence-corrected chi connectivity index (χ2v) is 34.3. The highest BCUT2D eigenvalue weighted by molar-refractivity contribution is 6.89. The minimum absolute atomic E-state index is 0.000500. The summed E-state index contributed by atoms with van der Waals surface area (Å²) in [6.45, 7) is 23.1. The van der Waals surface area contributed by atoms with Crippen LogP contribution in [0.3, 0.4) is 0 Å². The summed E-state index contributed by atoms with van der Waals surface area (Å²) in [7, 11) is -10.1. The lowest BCUT2D eigenvalue weighted by Crippen LogP contribution is -2.58. The molecule has 3 aromatic rings. The highest BCUT2D eigenvalue weighted by atomic mass is 28.5. The SMILES string of the molecule is C=C1c2ccccc2C(=O)N1CCNCCC[Si](C)(C)O[Si](C)(CCCNCCN1C(=O)c2ccccc2C1=O)O[Si](C)(C)O[Si](C)(C)CCCN1C(=O)c2ccccc2C1=O. The summed E-state index contributed by atoms with van der Waals surface area (Å²) in [6.07, 6.45) is 2.35. The van der Waals surface area contributed by atoms with Crippen molar-refractivity contribution < 1.29 is 36.3 Å². The van der Waals surface area contributed by atoms with Gasteiger partial charge in [-0.2, -0.15) is 0 Å². The number of nitrogens with one attached hydrogen (secondary N) is 2. The van der Waals surface area contributed by atoms with Crippen molar-refractivity contribution in [1.82, 2.24) is 25.3 Å². The van der Waals surface area contributed by atoms with Crippen molar-refractivity contribution in [3.63, 3.8) is 0 Å². The van der Waals surface area contributed by atoms with Gasteiger partial charge in [0.1, 0.15) is 0 Å². The van der Waals surface area contributed by atoms with Crippen molar-refractivity contribution >= 4 is 69.0 Å². The number of hydrogen-bond acceptors (Lipinski definition) is 10. The van der Waals surface area contributed by atoms with E-state index in [1.807, 2.05) is 24.3 Å². The zero-order valence-corrected chi connectivity index (χ0v) is 41.4. The average molecular weight is 914 g/mol. The molecule has 3 heterocycles. The summed E-state index contributed by atoms with van der Waals surface area (Å²) >= 11 is 0. The van der Waals surface area contributed by atoms with E-state index in [1.165, 1.54) is 9.80 Å². The Morgan fingerprint density at radius 2 is 0.823 bits per heavy atom. The predicted molar refractivity (Wildman–Crippen MR) is 251 cm³/mol. The predicted octanol–water partition coefficient (Wildman–Crippen LogP) is 7.29. The summed E-state index contributed by atoms with van der Waals surface area (Å²) in [5.74, 6) is -0.978. The first-order valence-corrected chi connectivity index (χ1v) is 33.4. The van der Waals surface area contributed by atoms with Crippen LogP contribution in [-0.2, 0) is 12.3 Å². The Kier molecular flexibility index (Phi) is 15.0. The minimum Gasteiger partial charge on any atom is -0.436 e. The molecule has 62 heavy (non-hydrogen) atoms. The standard InChI is InChI=1S/C45H63N5O8Si4/c1-34-35-18-9-10-19-36(35)41(51)48(34)29-26-46-24-15-31-60(4,5)57-62(8,33-16-25-47-27-30-50-44(54)39-22-13-14-23-40(39)45(50)55)58-61(6,7)56-59(2,3)32-17-28-49-42(52)37-20-11-12-21-38(37)43(49)53/h9-14,18-23,46-47H,1,15-17,24-33H2,2-8H3. The topological polar surface area (TPSA) is 147 Å². The number of amides is 5. The van der Waals surface area contributed by atoms with Crippen LogP contribution < -0.4 is 10.6 Å². The average Bonchev–Trinajstić information content (AvgIpc) is 3.71. The molecule has 1 unspecified atom stereocenters. The second-order valence-electron chi connectivity index (χ2n) is 18.2. The number of carbonyl (C=O) groups is 5. The fraction of sp³-hybridized carbons (Fsp3) is 0.444. The minimum atomic E-state index is -2.83. The van der Waals surface area contributed by atoms with Crippen LogP contribution in [0.2, 0.25) is 64.0 Å². The molecule has 0 spiro atoms. The largest absolute Gasteiger partial charge is 0.436 e. The number of rotatable bonds is 24. The summed E-state index contributed by atoms with van der Waals surface area (Å²) in [5, 5.41) is 6.95. The summed E-state index contributed by atoms with van der Waals surface area (Å²) < 4.78 is 21.3. The lowest BCUT2D eigenvalue weighted by atomic mass is 10.1. The second kappa shape index (κ2) is 19.7. The number of hydrogen-bond donors (Lipinski definition) is 2. The van der Waals surface area contributed by atoms with Crippen molar-refractivity contribution in [2.75, 3.05) is 45.8 Å². The van der Waals surface area contributed by atoms with E-state index in [0.717, 1.165) is 48.8 Å². The van der Waals surface area contributed by atoms with E-state index in [2.05, 4.69) is 63.0 Å². The van der Waals surface area contributed by atoms with Crippen LogP contribution >= 0.6 is 0 Å². The van der Waals surface area contributed by atoms with E-state index in [1.54, 1.807) is 53.4 Å². The highest BCUT2D eigenvalue weighted by Gasteiger charge is 2.46. The van der Waals surface area contributed by atoms with Crippen LogP contribution in [0.15, 0.2) is 79.4 Å². The third-order valence-corrected chi connectivity index (χ3v) is 27.8. The Morgan fingerprint density at radius 3 is 1.31 bits per heavy atom. The number of benzene rings is 3. The lowest BCUT2D eigenvalue weighted by Gasteiger charge is -2.43. The maximum absolute atomic E-state index is 13.0. The molecule has 0 saturated heterocycles. The van der Waals surface area contributed by atoms with E-state index in [0.29, 0.717) is 73.5 Å². The van der Waals surface area contributed by atoms with Crippen molar-refractivity contribution in [3.05, 3.63) is 113 Å². The fourth-order valence-corrected chi connectivity index (χ4v) is 28.7. The lowest BCUT2D eigenvalue weighted by molar-refractivity contribution is 0.0639. The number of imide groups is 2. The Morgan fingerprint density at radius 1 is 0.452 bits per heavy atom. The molecular weight excluding hydrogens is 851 g/mol. The van der Waals surface area contributed by atoms with Gasteiger partial charge in [0.2, 0.25) is 0 Å². The van der Waals surface area contributed by atoms with Gasteiger partial charge in [-0.05, 0) is 127 Å².